The molecule has 0 radical (unpaired) electrons. The third kappa shape index (κ3) is 2.84. The second-order valence-corrected chi connectivity index (χ2v) is 9.68. The van der Waals surface area contributed by atoms with Crippen molar-refractivity contribution in [3.8, 4) is 5.75 Å². The van der Waals surface area contributed by atoms with Gasteiger partial charge in [-0.1, -0.05) is 38.7 Å². The van der Waals surface area contributed by atoms with Gasteiger partial charge in [-0.2, -0.15) is 0 Å². The van der Waals surface area contributed by atoms with Crippen LogP contribution >= 0.6 is 0 Å². The second kappa shape index (κ2) is 7.67. The van der Waals surface area contributed by atoms with Crippen molar-refractivity contribution in [1.29, 1.82) is 0 Å². The number of hydrogen-bond acceptors (Lipinski definition) is 5. The quantitative estimate of drug-likeness (QED) is 0.500. The van der Waals surface area contributed by atoms with Crippen molar-refractivity contribution in [2.75, 3.05) is 20.2 Å². The molecule has 1 aromatic rings. The Morgan fingerprint density at radius 3 is 2.93 bits per heavy atom. The summed E-state index contributed by atoms with van der Waals surface area (Å²) in [6.45, 7) is 3.61. The predicted octanol–water partition coefficient (Wildman–Crippen LogP) is 4.05. The van der Waals surface area contributed by atoms with Gasteiger partial charge in [0.05, 0.1) is 6.61 Å². The molecule has 1 saturated heterocycles. The van der Waals surface area contributed by atoms with Crippen LogP contribution in [0.2, 0.25) is 0 Å². The van der Waals surface area contributed by atoms with E-state index in [9.17, 15) is 9.59 Å². The molecule has 0 N–H and O–H groups in total. The van der Waals surface area contributed by atoms with E-state index in [-0.39, 0.29) is 17.2 Å². The smallest absolute Gasteiger partial charge is 0.341 e. The van der Waals surface area contributed by atoms with Crippen LogP contribution in [0.3, 0.4) is 0 Å². The predicted molar refractivity (Wildman–Crippen MR) is 114 cm³/mol. The monoisotopic (exact) mass is 411 g/mol. The number of ether oxygens (including phenoxy) is 2. The average Bonchev–Trinajstić information content (AvgIpc) is 3.10. The van der Waals surface area contributed by atoms with Crippen LogP contribution in [0.5, 0.6) is 5.75 Å². The van der Waals surface area contributed by atoms with E-state index in [2.05, 4.69) is 24.9 Å². The zero-order chi connectivity index (χ0) is 20.9. The SMILES string of the molecule is CCCCCCCOC(=O)c1ccc2c3c1O[C@H]1C(=O)CC[C@H]4[C@@H](C2)N(C)CC[C@]314. The number of hydrogen-bond donors (Lipinski definition) is 0. The summed E-state index contributed by atoms with van der Waals surface area (Å²) >= 11 is 0. The summed E-state index contributed by atoms with van der Waals surface area (Å²) < 4.78 is 12.0. The minimum absolute atomic E-state index is 0.203. The van der Waals surface area contributed by atoms with E-state index in [1.165, 1.54) is 24.8 Å². The van der Waals surface area contributed by atoms with Gasteiger partial charge < -0.3 is 14.4 Å². The lowest BCUT2D eigenvalue weighted by Gasteiger charge is -2.57. The zero-order valence-corrected chi connectivity index (χ0v) is 18.2. The van der Waals surface area contributed by atoms with Gasteiger partial charge in [0.25, 0.3) is 0 Å². The lowest BCUT2D eigenvalue weighted by Crippen LogP contribution is -2.65. The minimum Gasteiger partial charge on any atom is -0.480 e. The van der Waals surface area contributed by atoms with E-state index in [1.54, 1.807) is 0 Å². The normalized spacial score (nSPS) is 31.3. The fourth-order valence-electron chi connectivity index (χ4n) is 6.64. The van der Waals surface area contributed by atoms with Crippen LogP contribution in [0, 0.1) is 5.92 Å². The lowest BCUT2D eigenvalue weighted by atomic mass is 9.51. The molecule has 0 unspecified atom stereocenters. The maximum Gasteiger partial charge on any atom is 0.341 e. The fourth-order valence-corrected chi connectivity index (χ4v) is 6.64. The van der Waals surface area contributed by atoms with Gasteiger partial charge in [-0.3, -0.25) is 4.79 Å². The van der Waals surface area contributed by atoms with Gasteiger partial charge in [-0.25, -0.2) is 4.79 Å². The highest BCUT2D eigenvalue weighted by Crippen LogP contribution is 2.62. The van der Waals surface area contributed by atoms with Gasteiger partial charge >= 0.3 is 5.97 Å². The van der Waals surface area contributed by atoms with Crippen molar-refractivity contribution in [3.63, 3.8) is 0 Å². The Morgan fingerprint density at radius 1 is 1.27 bits per heavy atom. The molecule has 0 aromatic heterocycles. The molecule has 1 saturated carbocycles. The maximum atomic E-state index is 12.9. The summed E-state index contributed by atoms with van der Waals surface area (Å²) in [4.78, 5) is 28.3. The van der Waals surface area contributed by atoms with Crippen molar-refractivity contribution in [1.82, 2.24) is 4.90 Å². The summed E-state index contributed by atoms with van der Waals surface area (Å²) in [7, 11) is 2.21. The summed E-state index contributed by atoms with van der Waals surface area (Å²) in [5, 5.41) is 0. The Morgan fingerprint density at radius 2 is 2.10 bits per heavy atom. The van der Waals surface area contributed by atoms with Gasteiger partial charge in [-0.05, 0) is 56.8 Å². The highest BCUT2D eigenvalue weighted by Gasteiger charge is 2.65. The molecule has 0 amide bonds. The Kier molecular flexibility index (Phi) is 5.12. The first kappa shape index (κ1) is 20.0. The average molecular weight is 412 g/mol. The van der Waals surface area contributed by atoms with Crippen molar-refractivity contribution in [2.45, 2.75) is 82.3 Å². The number of rotatable bonds is 7. The molecular weight excluding hydrogens is 378 g/mol. The highest BCUT2D eigenvalue weighted by atomic mass is 16.5. The summed E-state index contributed by atoms with van der Waals surface area (Å²) in [5.74, 6) is 0.973. The molecule has 2 heterocycles. The van der Waals surface area contributed by atoms with Gasteiger partial charge in [-0.15, -0.1) is 0 Å². The third-order valence-electron chi connectivity index (χ3n) is 8.11. The molecule has 1 aromatic carbocycles. The molecule has 5 rings (SSSR count). The molecule has 4 aliphatic rings. The second-order valence-electron chi connectivity index (χ2n) is 9.68. The molecule has 2 bridgehead atoms. The first-order valence-electron chi connectivity index (χ1n) is 11.8. The summed E-state index contributed by atoms with van der Waals surface area (Å²) in [6, 6.07) is 4.41. The minimum atomic E-state index is -0.426. The molecule has 5 heteroatoms. The van der Waals surface area contributed by atoms with Gasteiger partial charge in [0, 0.05) is 23.4 Å². The van der Waals surface area contributed by atoms with Crippen LogP contribution in [-0.4, -0.2) is 49.0 Å². The molecule has 2 fully saturated rings. The van der Waals surface area contributed by atoms with Crippen molar-refractivity contribution >= 4 is 11.8 Å². The number of carbonyl (C=O) groups excluding carboxylic acids is 2. The molecule has 162 valence electrons. The molecule has 2 aliphatic carbocycles. The van der Waals surface area contributed by atoms with Gasteiger partial charge in [0.1, 0.15) is 11.3 Å². The van der Waals surface area contributed by atoms with Crippen LogP contribution in [0.1, 0.15) is 79.8 Å². The Balaban J connectivity index is 1.44. The Hall–Kier alpha value is -1.88. The van der Waals surface area contributed by atoms with E-state index in [0.717, 1.165) is 44.2 Å². The number of likely N-dealkylation sites (tertiary alicyclic amines) is 1. The van der Waals surface area contributed by atoms with E-state index < -0.39 is 6.10 Å². The van der Waals surface area contributed by atoms with Crippen LogP contribution < -0.4 is 4.74 Å². The van der Waals surface area contributed by atoms with Crippen molar-refractivity contribution in [3.05, 3.63) is 28.8 Å². The Labute approximate surface area is 179 Å². The first-order chi connectivity index (χ1) is 14.6. The number of likely N-dealkylation sites (N-methyl/N-ethyl adjacent to an activating group) is 1. The topological polar surface area (TPSA) is 55.8 Å². The summed E-state index contributed by atoms with van der Waals surface area (Å²) in [5.41, 5.74) is 2.68. The van der Waals surface area contributed by atoms with Crippen molar-refractivity contribution < 1.29 is 19.1 Å². The lowest BCUT2D eigenvalue weighted by molar-refractivity contribution is -0.138. The maximum absolute atomic E-state index is 12.9. The van der Waals surface area contributed by atoms with E-state index >= 15 is 0 Å². The third-order valence-corrected chi connectivity index (χ3v) is 8.11. The van der Waals surface area contributed by atoms with E-state index in [0.29, 0.717) is 36.3 Å². The Bertz CT molecular complexity index is 865. The highest BCUT2D eigenvalue weighted by molar-refractivity contribution is 5.96. The van der Waals surface area contributed by atoms with E-state index in [4.69, 9.17) is 9.47 Å². The number of unbranched alkanes of at least 4 members (excludes halogenated alkanes) is 4. The number of Topliss-reactive ketones (excluding diaryl/α,β-unsaturated/α-hetero) is 1. The number of piperidine rings is 1. The molecule has 1 spiro atoms. The van der Waals surface area contributed by atoms with E-state index in [1.807, 2.05) is 6.07 Å². The molecule has 5 nitrogen and oxygen atoms in total. The van der Waals surface area contributed by atoms with Crippen LogP contribution in [0.4, 0.5) is 0 Å². The molecule has 4 atom stereocenters. The largest absolute Gasteiger partial charge is 0.480 e. The number of benzene rings is 1. The standard InChI is InChI=1S/C25H33NO4/c1-3-4-5-6-7-14-29-24(28)17-9-8-16-15-19-18-10-11-20(27)23-25(18,12-13-26(19)2)21(16)22(17)30-23/h8-9,18-19,23H,3-7,10-15H2,1-2H3/t18-,19+,23-,25-/m0/s1. The van der Waals surface area contributed by atoms with Crippen LogP contribution in [0.25, 0.3) is 0 Å². The van der Waals surface area contributed by atoms with Gasteiger partial charge in [0.2, 0.25) is 0 Å². The van der Waals surface area contributed by atoms with Gasteiger partial charge in [0.15, 0.2) is 11.9 Å². The molecule has 30 heavy (non-hydrogen) atoms. The summed E-state index contributed by atoms with van der Waals surface area (Å²) in [6.07, 6.45) is 8.59. The fraction of sp³-hybridized carbons (Fsp3) is 0.680. The van der Waals surface area contributed by atoms with Crippen molar-refractivity contribution in [2.24, 2.45) is 5.92 Å². The number of ketones is 1. The number of esters is 1. The van der Waals surface area contributed by atoms with Crippen LogP contribution in [-0.2, 0) is 21.4 Å². The molecular formula is C25H33NO4. The zero-order valence-electron chi connectivity index (χ0n) is 18.2. The number of nitrogens with zero attached hydrogens (tertiary/aromatic N) is 1. The van der Waals surface area contributed by atoms with Crippen LogP contribution in [0.15, 0.2) is 12.1 Å². The molecule has 2 aliphatic heterocycles. The first-order valence-corrected chi connectivity index (χ1v) is 11.8. The number of carbonyl (C=O) groups is 2.